The normalized spacial score (nSPS) is 15.5. The number of aryl methyl sites for hydroxylation is 2. The van der Waals surface area contributed by atoms with Crippen LogP contribution in [0.5, 0.6) is 0 Å². The van der Waals surface area contributed by atoms with E-state index in [4.69, 9.17) is 10.5 Å². The lowest BCUT2D eigenvalue weighted by Gasteiger charge is -2.34. The predicted molar refractivity (Wildman–Crippen MR) is 79.2 cm³/mol. The highest BCUT2D eigenvalue weighted by atomic mass is 16.5. The average Bonchev–Trinajstić information content (AvgIpc) is 2.70. The Hall–Kier alpha value is -0.870. The third kappa shape index (κ3) is 4.05. The number of ether oxygens (including phenoxy) is 1. The van der Waals surface area contributed by atoms with E-state index < -0.39 is 0 Å². The maximum Gasteiger partial charge on any atom is 0.0774 e. The van der Waals surface area contributed by atoms with Crippen molar-refractivity contribution in [2.75, 3.05) is 7.11 Å². The highest BCUT2D eigenvalue weighted by molar-refractivity contribution is 5.12. The average molecular weight is 267 g/mol. The molecular weight excluding hydrogens is 238 g/mol. The minimum atomic E-state index is -0.0169. The van der Waals surface area contributed by atoms with Crippen molar-refractivity contribution in [1.82, 2.24) is 9.78 Å². The van der Waals surface area contributed by atoms with Gasteiger partial charge in [0.05, 0.1) is 11.8 Å². The maximum absolute atomic E-state index is 6.35. The molecule has 4 nitrogen and oxygen atoms in total. The topological polar surface area (TPSA) is 53.1 Å². The van der Waals surface area contributed by atoms with Crippen LogP contribution in [0.1, 0.15) is 46.0 Å². The van der Waals surface area contributed by atoms with Crippen LogP contribution in [-0.2, 0) is 24.1 Å². The van der Waals surface area contributed by atoms with E-state index in [0.717, 1.165) is 25.1 Å². The minimum absolute atomic E-state index is 0.0169. The highest BCUT2D eigenvalue weighted by Crippen LogP contribution is 2.25. The fourth-order valence-corrected chi connectivity index (χ4v) is 2.64. The molecule has 2 N–H and O–H groups in total. The number of hydrogen-bond acceptors (Lipinski definition) is 3. The first-order valence-corrected chi connectivity index (χ1v) is 7.17. The Labute approximate surface area is 117 Å². The van der Waals surface area contributed by atoms with Gasteiger partial charge in [0.2, 0.25) is 0 Å². The lowest BCUT2D eigenvalue weighted by molar-refractivity contribution is -0.00204. The van der Waals surface area contributed by atoms with E-state index in [0.29, 0.717) is 0 Å². The lowest BCUT2D eigenvalue weighted by atomic mass is 9.83. The van der Waals surface area contributed by atoms with Crippen molar-refractivity contribution in [2.45, 2.75) is 66.2 Å². The monoisotopic (exact) mass is 267 g/mol. The van der Waals surface area contributed by atoms with Crippen molar-refractivity contribution in [3.8, 4) is 0 Å². The van der Waals surface area contributed by atoms with Crippen molar-refractivity contribution in [2.24, 2.45) is 11.1 Å². The van der Waals surface area contributed by atoms with Crippen LogP contribution in [0.3, 0.4) is 0 Å². The molecule has 1 rings (SSSR count). The van der Waals surface area contributed by atoms with Gasteiger partial charge in [-0.25, -0.2) is 0 Å². The van der Waals surface area contributed by atoms with Gasteiger partial charge in [-0.1, -0.05) is 27.7 Å². The second-order valence-corrected chi connectivity index (χ2v) is 6.19. The van der Waals surface area contributed by atoms with Crippen LogP contribution < -0.4 is 5.73 Å². The van der Waals surface area contributed by atoms with Crippen LogP contribution in [0.2, 0.25) is 0 Å². The Morgan fingerprint density at radius 2 is 2.00 bits per heavy atom. The van der Waals surface area contributed by atoms with Crippen LogP contribution in [0, 0.1) is 5.41 Å². The molecular formula is C15H29N3O. The zero-order chi connectivity index (χ0) is 14.6. The smallest absolute Gasteiger partial charge is 0.0774 e. The summed E-state index contributed by atoms with van der Waals surface area (Å²) in [5.41, 5.74) is 8.74. The molecule has 0 saturated carbocycles. The summed E-state index contributed by atoms with van der Waals surface area (Å²) in [6.45, 7) is 11.6. The Balaban J connectivity index is 2.86. The van der Waals surface area contributed by atoms with E-state index in [1.54, 1.807) is 7.11 Å². The number of rotatable bonds is 6. The third-order valence-corrected chi connectivity index (χ3v) is 3.52. The molecule has 0 saturated heterocycles. The molecule has 2 unspecified atom stereocenters. The molecule has 0 radical (unpaired) electrons. The van der Waals surface area contributed by atoms with E-state index in [9.17, 15) is 0 Å². The molecule has 0 bridgehead atoms. The predicted octanol–water partition coefficient (Wildman–Crippen LogP) is 2.40. The Morgan fingerprint density at radius 1 is 1.37 bits per heavy atom. The Kier molecular flexibility index (Phi) is 5.56. The van der Waals surface area contributed by atoms with E-state index in [2.05, 4.69) is 45.8 Å². The largest absolute Gasteiger partial charge is 0.379 e. The van der Waals surface area contributed by atoms with Gasteiger partial charge >= 0.3 is 0 Å². The van der Waals surface area contributed by atoms with Gasteiger partial charge in [-0.15, -0.1) is 0 Å². The van der Waals surface area contributed by atoms with Gasteiger partial charge in [0.15, 0.2) is 0 Å². The van der Waals surface area contributed by atoms with Crippen molar-refractivity contribution in [3.63, 3.8) is 0 Å². The first-order chi connectivity index (χ1) is 8.83. The molecule has 0 spiro atoms. The van der Waals surface area contributed by atoms with Gasteiger partial charge in [-0.2, -0.15) is 5.10 Å². The van der Waals surface area contributed by atoms with Gasteiger partial charge in [0.1, 0.15) is 0 Å². The molecule has 1 aromatic rings. The molecule has 0 aliphatic rings. The summed E-state index contributed by atoms with van der Waals surface area (Å²) in [6, 6.07) is 2.15. The molecule has 0 aliphatic carbocycles. The van der Waals surface area contributed by atoms with E-state index in [1.807, 2.05) is 4.68 Å². The summed E-state index contributed by atoms with van der Waals surface area (Å²) >= 11 is 0. The first kappa shape index (κ1) is 16.2. The first-order valence-electron chi connectivity index (χ1n) is 7.17. The third-order valence-electron chi connectivity index (χ3n) is 3.52. The number of nitrogens with two attached hydrogens (primary N) is 1. The van der Waals surface area contributed by atoms with E-state index in [-0.39, 0.29) is 17.6 Å². The lowest BCUT2D eigenvalue weighted by Crippen LogP contribution is -2.46. The highest BCUT2D eigenvalue weighted by Gasteiger charge is 2.30. The molecule has 1 heterocycles. The Morgan fingerprint density at radius 3 is 2.42 bits per heavy atom. The molecule has 2 atom stereocenters. The van der Waals surface area contributed by atoms with Gasteiger partial charge < -0.3 is 10.5 Å². The van der Waals surface area contributed by atoms with E-state index >= 15 is 0 Å². The summed E-state index contributed by atoms with van der Waals surface area (Å²) in [7, 11) is 1.74. The van der Waals surface area contributed by atoms with Gasteiger partial charge in [-0.05, 0) is 24.8 Å². The fourth-order valence-electron chi connectivity index (χ4n) is 2.64. The van der Waals surface area contributed by atoms with Gasteiger partial charge in [0.25, 0.3) is 0 Å². The number of aromatic nitrogens is 2. The summed E-state index contributed by atoms with van der Waals surface area (Å²) < 4.78 is 7.65. The summed E-state index contributed by atoms with van der Waals surface area (Å²) in [5.74, 6) is 0. The van der Waals surface area contributed by atoms with Gasteiger partial charge in [0, 0.05) is 31.8 Å². The van der Waals surface area contributed by atoms with Crippen LogP contribution in [0.15, 0.2) is 6.07 Å². The standard InChI is InChI=1S/C15H29N3O/c1-7-11-9-12(18(8-2)17-11)10-13(16)14(19-6)15(3,4)5/h9,13-14H,7-8,10,16H2,1-6H3. The zero-order valence-corrected chi connectivity index (χ0v) is 13.2. The molecule has 1 aromatic heterocycles. The van der Waals surface area contributed by atoms with Crippen molar-refractivity contribution < 1.29 is 4.74 Å². The SMILES string of the molecule is CCc1cc(CC(N)C(OC)C(C)(C)C)n(CC)n1. The fraction of sp³-hybridized carbons (Fsp3) is 0.800. The van der Waals surface area contributed by atoms with Crippen LogP contribution in [0.25, 0.3) is 0 Å². The van der Waals surface area contributed by atoms with Crippen LogP contribution in [0.4, 0.5) is 0 Å². The Bertz CT molecular complexity index is 393. The zero-order valence-electron chi connectivity index (χ0n) is 13.2. The molecule has 0 amide bonds. The molecule has 0 aliphatic heterocycles. The second-order valence-electron chi connectivity index (χ2n) is 6.19. The quantitative estimate of drug-likeness (QED) is 0.861. The molecule has 0 fully saturated rings. The number of methoxy groups -OCH3 is 1. The van der Waals surface area contributed by atoms with Gasteiger partial charge in [-0.3, -0.25) is 4.68 Å². The van der Waals surface area contributed by atoms with Crippen molar-refractivity contribution in [1.29, 1.82) is 0 Å². The maximum atomic E-state index is 6.35. The van der Waals surface area contributed by atoms with Crippen molar-refractivity contribution in [3.05, 3.63) is 17.5 Å². The van der Waals surface area contributed by atoms with Crippen LogP contribution >= 0.6 is 0 Å². The van der Waals surface area contributed by atoms with Crippen LogP contribution in [-0.4, -0.2) is 29.0 Å². The second kappa shape index (κ2) is 6.53. The molecule has 0 aromatic carbocycles. The van der Waals surface area contributed by atoms with Crippen molar-refractivity contribution >= 4 is 0 Å². The summed E-state index contributed by atoms with van der Waals surface area (Å²) in [4.78, 5) is 0. The number of nitrogens with zero attached hydrogens (tertiary/aromatic N) is 2. The minimum Gasteiger partial charge on any atom is -0.379 e. The van der Waals surface area contributed by atoms with E-state index in [1.165, 1.54) is 5.69 Å². The number of hydrogen-bond donors (Lipinski definition) is 1. The summed E-state index contributed by atoms with van der Waals surface area (Å²) in [5, 5.41) is 4.57. The summed E-state index contributed by atoms with van der Waals surface area (Å²) in [6.07, 6.45) is 1.80. The molecule has 19 heavy (non-hydrogen) atoms. The molecule has 4 heteroatoms. The molecule has 110 valence electrons.